The Bertz CT molecular complexity index is 736. The van der Waals surface area contributed by atoms with E-state index in [1.807, 2.05) is 0 Å². The van der Waals surface area contributed by atoms with Crippen LogP contribution in [-0.2, 0) is 22.4 Å². The quantitative estimate of drug-likeness (QED) is 0.0490. The highest BCUT2D eigenvalue weighted by molar-refractivity contribution is 7.57. The average molecular weight is 715 g/mol. The minimum atomic E-state index is -1.37. The fraction of sp³-hybridized carbons (Fsp3) is 1.00. The first-order valence-electron chi connectivity index (χ1n) is 21.5. The average Bonchev–Trinajstić information content (AvgIpc) is 3.05. The molecule has 0 aromatic carbocycles. The fourth-order valence-corrected chi connectivity index (χ4v) is 11.3. The van der Waals surface area contributed by atoms with E-state index in [9.17, 15) is 0 Å². The van der Waals surface area contributed by atoms with E-state index in [1.165, 1.54) is 205 Å². The molecule has 3 bridgehead atoms. The molecule has 4 aliphatic rings. The van der Waals surface area contributed by atoms with E-state index < -0.39 is 28.8 Å². The van der Waals surface area contributed by atoms with Gasteiger partial charge in [-0.1, -0.05) is 219 Å². The van der Waals surface area contributed by atoms with Crippen LogP contribution < -0.4 is 0 Å². The first kappa shape index (κ1) is 43.1. The van der Waals surface area contributed by atoms with E-state index in [1.54, 1.807) is 0 Å². The van der Waals surface area contributed by atoms with Crippen LogP contribution in [0.2, 0.25) is 0 Å². The van der Waals surface area contributed by atoms with Crippen molar-refractivity contribution in [1.29, 1.82) is 0 Å². The van der Waals surface area contributed by atoms with Crippen LogP contribution >= 0.6 is 17.2 Å². The monoisotopic (exact) mass is 715 g/mol. The lowest BCUT2D eigenvalue weighted by Crippen LogP contribution is -2.69. The van der Waals surface area contributed by atoms with E-state index in [-0.39, 0.29) is 5.41 Å². The zero-order valence-electron chi connectivity index (χ0n) is 32.5. The van der Waals surface area contributed by atoms with Crippen LogP contribution in [0, 0.1) is 5.41 Å². The Morgan fingerprint density at radius 1 is 0.333 bits per heavy atom. The Labute approximate surface area is 301 Å². The summed E-state index contributed by atoms with van der Waals surface area (Å²) in [7, 11) is -2.66. The molecule has 1 spiro atoms. The van der Waals surface area contributed by atoms with Crippen molar-refractivity contribution in [1.82, 2.24) is 0 Å². The van der Waals surface area contributed by atoms with Gasteiger partial charge in [0.25, 0.3) is 0 Å². The molecule has 0 radical (unpaired) electrons. The molecule has 5 nitrogen and oxygen atoms in total. The summed E-state index contributed by atoms with van der Waals surface area (Å²) < 4.78 is 31.1. The normalized spacial score (nSPS) is 23.8. The Balaban J connectivity index is 1.24. The van der Waals surface area contributed by atoms with Crippen molar-refractivity contribution in [2.45, 2.75) is 258 Å². The van der Waals surface area contributed by atoms with Gasteiger partial charge in [-0.2, -0.15) is 0 Å². The number of hydrogen-bond donors (Lipinski definition) is 0. The van der Waals surface area contributed by atoms with Gasteiger partial charge in [0.1, 0.15) is 0 Å². The smallest absolute Gasteiger partial charge is 0.305 e. The van der Waals surface area contributed by atoms with Gasteiger partial charge in [-0.25, -0.2) is 4.31 Å². The summed E-state index contributed by atoms with van der Waals surface area (Å²) >= 11 is 0. The zero-order chi connectivity index (χ0) is 34.2. The minimum Gasteiger partial charge on any atom is -0.305 e. The lowest BCUT2D eigenvalue weighted by Gasteiger charge is -2.66. The maximum Gasteiger partial charge on any atom is 0.349 e. The fourth-order valence-electron chi connectivity index (χ4n) is 8.36. The van der Waals surface area contributed by atoms with Gasteiger partial charge in [0.05, 0.1) is 11.0 Å². The van der Waals surface area contributed by atoms with Crippen LogP contribution in [0.5, 0.6) is 0 Å². The van der Waals surface area contributed by atoms with Gasteiger partial charge in [0.15, 0.2) is 0 Å². The van der Waals surface area contributed by atoms with Crippen LogP contribution in [0.3, 0.4) is 0 Å². The van der Waals surface area contributed by atoms with Gasteiger partial charge in [-0.15, -0.1) is 0 Å². The second-order valence-corrected chi connectivity index (χ2v) is 18.4. The third-order valence-corrected chi connectivity index (χ3v) is 14.5. The van der Waals surface area contributed by atoms with Crippen molar-refractivity contribution in [2.24, 2.45) is 5.41 Å². The molecule has 4 aliphatic heterocycles. The van der Waals surface area contributed by atoms with E-state index >= 15 is 0 Å². The van der Waals surface area contributed by atoms with E-state index in [0.29, 0.717) is 0 Å². The molecule has 7 heteroatoms. The summed E-state index contributed by atoms with van der Waals surface area (Å²) in [6.07, 6.45) is 46.5. The van der Waals surface area contributed by atoms with Gasteiger partial charge >= 0.3 is 23.2 Å². The highest BCUT2D eigenvalue weighted by Gasteiger charge is 2.77. The Kier molecular flexibility index (Phi) is 23.0. The Morgan fingerprint density at radius 3 is 0.875 bits per heavy atom. The van der Waals surface area contributed by atoms with Crippen molar-refractivity contribution in [2.75, 3.05) is 0 Å². The van der Waals surface area contributed by atoms with Crippen molar-refractivity contribution in [3.8, 4) is 0 Å². The maximum atomic E-state index is 6.49. The van der Waals surface area contributed by atoms with E-state index in [4.69, 9.17) is 22.4 Å². The molecule has 48 heavy (non-hydrogen) atoms. The molecular weight excluding hydrogens is 634 g/mol. The van der Waals surface area contributed by atoms with Crippen molar-refractivity contribution < 1.29 is 22.4 Å². The molecule has 1 atom stereocenters. The second kappa shape index (κ2) is 25.6. The molecule has 0 aromatic rings. The molecule has 0 aromatic heterocycles. The Morgan fingerprint density at radius 2 is 0.583 bits per heavy atom. The second-order valence-electron chi connectivity index (χ2n) is 16.1. The van der Waals surface area contributed by atoms with Crippen molar-refractivity contribution >= 4 is 17.2 Å². The van der Waals surface area contributed by atoms with Crippen LogP contribution in [0.15, 0.2) is 0 Å². The predicted octanol–water partition coefficient (Wildman–Crippen LogP) is 16.3. The topological polar surface area (TPSA) is 46.2 Å². The number of hydrogen-bond acceptors (Lipinski definition) is 5. The van der Waals surface area contributed by atoms with Crippen LogP contribution in [-0.4, -0.2) is 11.6 Å². The summed E-state index contributed by atoms with van der Waals surface area (Å²) in [6, 6.07) is 0. The third kappa shape index (κ3) is 15.0. The van der Waals surface area contributed by atoms with Crippen LogP contribution in [0.25, 0.3) is 0 Å². The van der Waals surface area contributed by atoms with Gasteiger partial charge in [0.2, 0.25) is 0 Å². The highest BCUT2D eigenvalue weighted by Crippen LogP contribution is 2.83. The highest BCUT2D eigenvalue weighted by atomic mass is 31.2. The molecule has 0 N–H and O–H groups in total. The molecular formula is C41H80O5P2. The van der Waals surface area contributed by atoms with Gasteiger partial charge in [-0.3, -0.25) is 13.6 Å². The Hall–Kier alpha value is 0.660. The lowest BCUT2D eigenvalue weighted by atomic mass is 9.65. The summed E-state index contributed by atoms with van der Waals surface area (Å²) in [5.74, 6) is -0.949. The summed E-state index contributed by atoms with van der Waals surface area (Å²) in [4.78, 5) is 0. The standard InChI is InChI=1S/C41H80O5P2/c1-5-7-9-11-13-15-17-19-21-23-25-27-29-31-33-35-37-40(39(3,4)42-47-43-41(40)44-48(45-41)46-47)38-36-34-32-30-28-26-24-22-20-18-16-14-12-10-8-6-2/h5-38H2,1-4H3. The molecule has 4 fully saturated rings. The lowest BCUT2D eigenvalue weighted by molar-refractivity contribution is -0.434. The molecule has 0 amide bonds. The molecule has 4 rings (SSSR count). The predicted molar refractivity (Wildman–Crippen MR) is 207 cm³/mol. The largest absolute Gasteiger partial charge is 0.349 e. The first-order valence-corrected chi connectivity index (χ1v) is 23.7. The van der Waals surface area contributed by atoms with Gasteiger partial charge in [-0.05, 0) is 26.7 Å². The van der Waals surface area contributed by atoms with Crippen LogP contribution in [0.1, 0.15) is 246 Å². The molecule has 1 unspecified atom stereocenters. The molecule has 4 heterocycles. The van der Waals surface area contributed by atoms with Crippen molar-refractivity contribution in [3.63, 3.8) is 0 Å². The minimum absolute atomic E-state index is 0.284. The third-order valence-electron chi connectivity index (χ3n) is 11.7. The molecule has 0 aliphatic carbocycles. The van der Waals surface area contributed by atoms with Gasteiger partial charge in [0, 0.05) is 0 Å². The summed E-state index contributed by atoms with van der Waals surface area (Å²) in [5.41, 5.74) is -0.683. The SMILES string of the molecule is CCCCCCCCCCCCCCCCCCC1(CCCCCCCCCCCCCCCCCC)C(C)(C)OP2OP3OC1(O2)O3. The summed E-state index contributed by atoms with van der Waals surface area (Å²) in [6.45, 7) is 9.06. The van der Waals surface area contributed by atoms with Crippen LogP contribution in [0.4, 0.5) is 0 Å². The number of rotatable bonds is 34. The summed E-state index contributed by atoms with van der Waals surface area (Å²) in [5, 5.41) is 0. The van der Waals surface area contributed by atoms with E-state index in [0.717, 1.165) is 12.8 Å². The molecule has 284 valence electrons. The zero-order valence-corrected chi connectivity index (χ0v) is 34.3. The number of unbranched alkanes of at least 4 members (excludes halogenated alkanes) is 30. The molecule has 4 saturated heterocycles. The van der Waals surface area contributed by atoms with E-state index in [2.05, 4.69) is 27.7 Å². The molecule has 0 saturated carbocycles. The maximum absolute atomic E-state index is 6.49. The first-order chi connectivity index (χ1) is 23.5. The van der Waals surface area contributed by atoms with Gasteiger partial charge < -0.3 is 4.52 Å². The van der Waals surface area contributed by atoms with Crippen molar-refractivity contribution in [3.05, 3.63) is 0 Å².